The Kier molecular flexibility index (Phi) is 9.75. The quantitative estimate of drug-likeness (QED) is 0.172. The SMILES string of the molecule is O=C(CCBr)Cc1c(F)ccc(NC(=O)c2cc(NC(=O)[C@H]3[C@H](c4ccc(F)c(C(F)(F)F)c4)C3(Cl)Cl)ccc2Cl)c1F. The number of anilines is 2. The van der Waals surface area contributed by atoms with Crippen LogP contribution in [0.4, 0.5) is 37.7 Å². The molecule has 15 heteroatoms. The van der Waals surface area contributed by atoms with E-state index in [-0.39, 0.29) is 28.3 Å². The summed E-state index contributed by atoms with van der Waals surface area (Å²) in [6.45, 7) is 0. The summed E-state index contributed by atoms with van der Waals surface area (Å²) < 4.78 is 80.7. The number of amides is 2. The minimum atomic E-state index is -4.99. The first-order valence-electron chi connectivity index (χ1n) is 12.3. The van der Waals surface area contributed by atoms with Crippen molar-refractivity contribution in [2.24, 2.45) is 5.92 Å². The smallest absolute Gasteiger partial charge is 0.326 e. The van der Waals surface area contributed by atoms with Gasteiger partial charge in [0, 0.05) is 35.3 Å². The lowest BCUT2D eigenvalue weighted by atomic mass is 10.0. The van der Waals surface area contributed by atoms with E-state index in [2.05, 4.69) is 26.6 Å². The zero-order chi connectivity index (χ0) is 31.9. The Hall–Kier alpha value is -2.80. The monoisotopic (exact) mass is 728 g/mol. The first kappa shape index (κ1) is 33.1. The Bertz CT molecular complexity index is 1620. The molecule has 228 valence electrons. The van der Waals surface area contributed by atoms with E-state index in [4.69, 9.17) is 34.8 Å². The van der Waals surface area contributed by atoms with Crippen LogP contribution in [0.25, 0.3) is 0 Å². The van der Waals surface area contributed by atoms with Gasteiger partial charge in [0.05, 0.1) is 27.8 Å². The summed E-state index contributed by atoms with van der Waals surface area (Å²) in [5, 5.41) is 4.91. The molecule has 3 aromatic rings. The molecule has 0 heterocycles. The Morgan fingerprint density at radius 3 is 2.26 bits per heavy atom. The van der Waals surface area contributed by atoms with E-state index >= 15 is 4.39 Å². The lowest BCUT2D eigenvalue weighted by molar-refractivity contribution is -0.140. The van der Waals surface area contributed by atoms with Crippen LogP contribution in [0.2, 0.25) is 5.02 Å². The van der Waals surface area contributed by atoms with Crippen LogP contribution in [0.15, 0.2) is 48.5 Å². The highest BCUT2D eigenvalue weighted by molar-refractivity contribution is 9.09. The van der Waals surface area contributed by atoms with Crippen LogP contribution in [0.3, 0.4) is 0 Å². The molecule has 0 saturated heterocycles. The van der Waals surface area contributed by atoms with Gasteiger partial charge in [0.25, 0.3) is 5.91 Å². The van der Waals surface area contributed by atoms with E-state index in [1.54, 1.807) is 0 Å². The van der Waals surface area contributed by atoms with E-state index in [0.29, 0.717) is 17.5 Å². The van der Waals surface area contributed by atoms with Crippen molar-refractivity contribution >= 4 is 79.7 Å². The fourth-order valence-corrected chi connectivity index (χ4v) is 5.93. The summed E-state index contributed by atoms with van der Waals surface area (Å²) in [6, 6.07) is 7.74. The Balaban J connectivity index is 1.52. The summed E-state index contributed by atoms with van der Waals surface area (Å²) in [7, 11) is 0. The number of benzene rings is 3. The van der Waals surface area contributed by atoms with Crippen molar-refractivity contribution in [3.8, 4) is 0 Å². The van der Waals surface area contributed by atoms with Gasteiger partial charge < -0.3 is 10.6 Å². The highest BCUT2D eigenvalue weighted by Crippen LogP contribution is 2.65. The predicted molar refractivity (Wildman–Crippen MR) is 154 cm³/mol. The van der Waals surface area contributed by atoms with Crippen molar-refractivity contribution in [3.63, 3.8) is 0 Å². The van der Waals surface area contributed by atoms with Crippen LogP contribution in [0.5, 0.6) is 0 Å². The highest BCUT2D eigenvalue weighted by Gasteiger charge is 2.67. The molecular weight excluding hydrogens is 713 g/mol. The number of rotatable bonds is 9. The van der Waals surface area contributed by atoms with Crippen LogP contribution in [0.1, 0.15) is 39.4 Å². The topological polar surface area (TPSA) is 75.3 Å². The second-order valence-electron chi connectivity index (χ2n) is 9.55. The predicted octanol–water partition coefficient (Wildman–Crippen LogP) is 8.45. The third kappa shape index (κ3) is 7.13. The van der Waals surface area contributed by atoms with E-state index in [0.717, 1.165) is 24.3 Å². The average molecular weight is 731 g/mol. The molecule has 1 fully saturated rings. The maximum absolute atomic E-state index is 15.0. The number of hydrogen-bond acceptors (Lipinski definition) is 3. The van der Waals surface area contributed by atoms with Crippen molar-refractivity contribution < 1.29 is 40.7 Å². The average Bonchev–Trinajstić information content (AvgIpc) is 3.50. The maximum atomic E-state index is 15.0. The third-order valence-corrected chi connectivity index (χ3v) is 8.32. The van der Waals surface area contributed by atoms with E-state index in [9.17, 15) is 36.3 Å². The Morgan fingerprint density at radius 1 is 0.930 bits per heavy atom. The van der Waals surface area contributed by atoms with Crippen molar-refractivity contribution in [1.29, 1.82) is 0 Å². The number of hydrogen-bond donors (Lipinski definition) is 2. The molecule has 2 amide bonds. The molecule has 0 unspecified atom stereocenters. The normalized spacial score (nSPS) is 17.3. The van der Waals surface area contributed by atoms with Crippen molar-refractivity contribution in [3.05, 3.63) is 93.3 Å². The van der Waals surface area contributed by atoms with Gasteiger partial charge in [0.1, 0.15) is 21.8 Å². The summed E-state index contributed by atoms with van der Waals surface area (Å²) in [5.41, 5.74) is -2.82. The zero-order valence-electron chi connectivity index (χ0n) is 21.4. The van der Waals surface area contributed by atoms with Crippen LogP contribution in [-0.2, 0) is 22.2 Å². The van der Waals surface area contributed by atoms with Crippen LogP contribution >= 0.6 is 50.7 Å². The molecule has 43 heavy (non-hydrogen) atoms. The Morgan fingerprint density at radius 2 is 1.60 bits per heavy atom. The zero-order valence-corrected chi connectivity index (χ0v) is 25.3. The molecule has 1 aliphatic carbocycles. The molecule has 0 spiro atoms. The number of nitrogens with one attached hydrogen (secondary N) is 2. The maximum Gasteiger partial charge on any atom is 0.419 e. The number of alkyl halides is 6. The number of ketones is 1. The van der Waals surface area contributed by atoms with Gasteiger partial charge in [-0.3, -0.25) is 14.4 Å². The van der Waals surface area contributed by atoms with Gasteiger partial charge in [0.15, 0.2) is 5.82 Å². The molecule has 0 aliphatic heterocycles. The first-order chi connectivity index (χ1) is 20.1. The summed E-state index contributed by atoms with van der Waals surface area (Å²) in [4.78, 5) is 37.9. The lowest BCUT2D eigenvalue weighted by Crippen LogP contribution is -2.19. The fraction of sp³-hybridized carbons (Fsp3) is 0.250. The molecule has 2 N–H and O–H groups in total. The van der Waals surface area contributed by atoms with Gasteiger partial charge in [0.2, 0.25) is 5.91 Å². The van der Waals surface area contributed by atoms with Gasteiger partial charge >= 0.3 is 6.18 Å². The molecule has 2 atom stereocenters. The van der Waals surface area contributed by atoms with E-state index in [1.807, 2.05) is 0 Å². The third-order valence-electron chi connectivity index (χ3n) is 6.65. The summed E-state index contributed by atoms with van der Waals surface area (Å²) in [5.74, 6) is -8.15. The Labute approximate surface area is 264 Å². The number of carbonyl (C=O) groups is 3. The minimum Gasteiger partial charge on any atom is -0.326 e. The van der Waals surface area contributed by atoms with Gasteiger partial charge in [-0.05, 0) is 48.0 Å². The first-order valence-corrected chi connectivity index (χ1v) is 14.5. The lowest BCUT2D eigenvalue weighted by Gasteiger charge is -2.13. The van der Waals surface area contributed by atoms with Crippen molar-refractivity contribution in [2.45, 2.75) is 29.3 Å². The second-order valence-corrected chi connectivity index (χ2v) is 12.2. The van der Waals surface area contributed by atoms with Gasteiger partial charge in [-0.2, -0.15) is 13.2 Å². The van der Waals surface area contributed by atoms with Crippen LogP contribution in [-0.4, -0.2) is 27.3 Å². The van der Waals surface area contributed by atoms with Gasteiger partial charge in [-0.25, -0.2) is 13.2 Å². The molecule has 1 aliphatic rings. The molecule has 0 bridgehead atoms. The van der Waals surface area contributed by atoms with Crippen molar-refractivity contribution in [2.75, 3.05) is 16.0 Å². The van der Waals surface area contributed by atoms with Gasteiger partial charge in [-0.15, -0.1) is 23.2 Å². The van der Waals surface area contributed by atoms with E-state index < -0.39 is 80.6 Å². The number of Topliss-reactive ketones (excluding diaryl/α,β-unsaturated/α-hetero) is 1. The molecule has 0 radical (unpaired) electrons. The largest absolute Gasteiger partial charge is 0.419 e. The summed E-state index contributed by atoms with van der Waals surface area (Å²) >= 11 is 21.7. The van der Waals surface area contributed by atoms with Gasteiger partial charge in [-0.1, -0.05) is 33.6 Å². The number of halogens is 10. The molecule has 0 aromatic heterocycles. The van der Waals surface area contributed by atoms with Crippen LogP contribution in [0, 0.1) is 23.4 Å². The molecule has 1 saturated carbocycles. The molecule has 5 nitrogen and oxygen atoms in total. The standard InChI is InChI=1S/C28H18BrCl3F6N2O3/c29-8-7-14(41)11-16-19(33)5-6-21(24(16)35)40-25(42)15-10-13(2-3-18(15)30)39-26(43)23-22(27(23,31)32)12-1-4-20(34)17(9-12)28(36,37)38/h1-6,9-10,22-23H,7-8,11H2,(H,39,43)(H,40,42)/t22-,23+/m0/s1. The van der Waals surface area contributed by atoms with Crippen molar-refractivity contribution in [1.82, 2.24) is 0 Å². The van der Waals surface area contributed by atoms with E-state index in [1.165, 1.54) is 12.1 Å². The summed E-state index contributed by atoms with van der Waals surface area (Å²) in [6.07, 6.45) is -5.48. The molecule has 4 rings (SSSR count). The van der Waals surface area contributed by atoms with Crippen LogP contribution < -0.4 is 10.6 Å². The fourth-order valence-electron chi connectivity index (χ4n) is 4.46. The molecular formula is C28H18BrCl3F6N2O3. The second kappa shape index (κ2) is 12.7. The highest BCUT2D eigenvalue weighted by atomic mass is 79.9. The number of carbonyl (C=O) groups excluding carboxylic acids is 3. The minimum absolute atomic E-state index is 0.00468. The molecule has 3 aromatic carbocycles.